The molecular formula is C22H24ClN3O2S2. The number of halogens is 1. The summed E-state index contributed by atoms with van der Waals surface area (Å²) in [5.74, 6) is 2.32. The Morgan fingerprint density at radius 1 is 1.23 bits per heavy atom. The third-order valence-electron chi connectivity index (χ3n) is 4.99. The Balaban J connectivity index is 1.58. The molecule has 1 aromatic carbocycles. The second-order valence-electron chi connectivity index (χ2n) is 7.16. The van der Waals surface area contributed by atoms with Gasteiger partial charge >= 0.3 is 5.97 Å². The van der Waals surface area contributed by atoms with Gasteiger partial charge < -0.3 is 10.1 Å². The Labute approximate surface area is 189 Å². The summed E-state index contributed by atoms with van der Waals surface area (Å²) in [4.78, 5) is 23.8. The van der Waals surface area contributed by atoms with E-state index in [1.807, 2.05) is 31.2 Å². The number of aromatic nitrogens is 2. The van der Waals surface area contributed by atoms with Gasteiger partial charge in [0.2, 0.25) is 0 Å². The molecule has 0 saturated heterocycles. The normalized spacial score (nSPS) is 13.3. The highest BCUT2D eigenvalue weighted by Crippen LogP contribution is 2.39. The molecule has 0 aliphatic heterocycles. The highest BCUT2D eigenvalue weighted by atomic mass is 35.5. The molecule has 5 nitrogen and oxygen atoms in total. The molecule has 8 heteroatoms. The zero-order chi connectivity index (χ0) is 20.9. The molecule has 30 heavy (non-hydrogen) atoms. The first-order chi connectivity index (χ1) is 14.6. The Morgan fingerprint density at radius 3 is 2.83 bits per heavy atom. The summed E-state index contributed by atoms with van der Waals surface area (Å²) in [5, 5.41) is 5.43. The maximum atomic E-state index is 11.6. The summed E-state index contributed by atoms with van der Waals surface area (Å²) in [6.45, 7) is 2.89. The van der Waals surface area contributed by atoms with Crippen molar-refractivity contribution in [2.45, 2.75) is 44.9 Å². The van der Waals surface area contributed by atoms with Crippen molar-refractivity contribution < 1.29 is 9.53 Å². The minimum atomic E-state index is -0.198. The monoisotopic (exact) mass is 461 g/mol. The number of hydrogen-bond donors (Lipinski definition) is 1. The van der Waals surface area contributed by atoms with Crippen molar-refractivity contribution in [2.24, 2.45) is 0 Å². The average molecular weight is 462 g/mol. The number of aryl methyl sites for hydroxylation is 2. The molecule has 4 rings (SSSR count). The molecule has 0 unspecified atom stereocenters. The van der Waals surface area contributed by atoms with Crippen molar-refractivity contribution >= 4 is 56.7 Å². The lowest BCUT2D eigenvalue weighted by molar-refractivity contribution is -0.139. The number of ether oxygens (including phenoxy) is 1. The molecule has 0 atom stereocenters. The maximum absolute atomic E-state index is 11.6. The number of nitrogens with zero attached hydrogens (tertiary/aromatic N) is 2. The van der Waals surface area contributed by atoms with E-state index in [-0.39, 0.29) is 5.97 Å². The zero-order valence-electron chi connectivity index (χ0n) is 16.9. The third kappa shape index (κ3) is 5.07. The highest BCUT2D eigenvalue weighted by Gasteiger charge is 2.21. The number of anilines is 1. The van der Waals surface area contributed by atoms with Gasteiger partial charge in [0.05, 0.1) is 23.5 Å². The molecule has 2 aromatic heterocycles. The van der Waals surface area contributed by atoms with E-state index in [0.29, 0.717) is 24.7 Å². The molecule has 0 fully saturated rings. The number of rotatable bonds is 8. The molecule has 0 radical (unpaired) electrons. The molecule has 1 N–H and O–H groups in total. The van der Waals surface area contributed by atoms with Crippen LogP contribution < -0.4 is 5.32 Å². The number of nitrogens with one attached hydrogen (secondary N) is 1. The highest BCUT2D eigenvalue weighted by molar-refractivity contribution is 7.99. The Hall–Kier alpha value is -1.83. The number of esters is 1. The minimum absolute atomic E-state index is 0.198. The second kappa shape index (κ2) is 9.98. The van der Waals surface area contributed by atoms with Crippen molar-refractivity contribution in [3.8, 4) is 0 Å². The van der Waals surface area contributed by atoms with Gasteiger partial charge in [-0.2, -0.15) is 0 Å². The van der Waals surface area contributed by atoms with E-state index in [4.69, 9.17) is 26.3 Å². The van der Waals surface area contributed by atoms with E-state index < -0.39 is 0 Å². The summed E-state index contributed by atoms with van der Waals surface area (Å²) in [7, 11) is 0. The number of thiophene rings is 1. The number of carbonyl (C=O) groups is 1. The van der Waals surface area contributed by atoms with Gasteiger partial charge in [0.15, 0.2) is 0 Å². The molecule has 158 valence electrons. The van der Waals surface area contributed by atoms with Crippen LogP contribution in [0.1, 0.15) is 41.6 Å². The lowest BCUT2D eigenvalue weighted by Crippen LogP contribution is -2.08. The molecule has 2 heterocycles. The van der Waals surface area contributed by atoms with E-state index >= 15 is 0 Å². The summed E-state index contributed by atoms with van der Waals surface area (Å²) in [6.07, 6.45) is 4.67. The summed E-state index contributed by atoms with van der Waals surface area (Å²) >= 11 is 9.28. The molecule has 3 aromatic rings. The largest absolute Gasteiger partial charge is 0.465 e. The van der Waals surface area contributed by atoms with E-state index in [2.05, 4.69) is 5.32 Å². The quantitative estimate of drug-likeness (QED) is 0.438. The zero-order valence-corrected chi connectivity index (χ0v) is 19.3. The molecule has 1 aliphatic carbocycles. The van der Waals surface area contributed by atoms with Crippen LogP contribution in [-0.4, -0.2) is 28.3 Å². The van der Waals surface area contributed by atoms with Crippen molar-refractivity contribution in [3.05, 3.63) is 51.1 Å². The fourth-order valence-electron chi connectivity index (χ4n) is 3.61. The average Bonchev–Trinajstić information content (AvgIpc) is 3.12. The predicted molar refractivity (Wildman–Crippen MR) is 126 cm³/mol. The number of hydrogen-bond acceptors (Lipinski definition) is 7. The topological polar surface area (TPSA) is 64.1 Å². The number of carbonyl (C=O) groups excluding carboxylic acids is 1. The van der Waals surface area contributed by atoms with E-state index in [1.165, 1.54) is 40.4 Å². The van der Waals surface area contributed by atoms with Crippen LogP contribution in [0.25, 0.3) is 10.2 Å². The van der Waals surface area contributed by atoms with Crippen molar-refractivity contribution in [1.82, 2.24) is 9.97 Å². The lowest BCUT2D eigenvalue weighted by Gasteiger charge is -2.13. The van der Waals surface area contributed by atoms with Gasteiger partial charge in [-0.05, 0) is 55.9 Å². The molecule has 0 spiro atoms. The molecule has 0 amide bonds. The van der Waals surface area contributed by atoms with Crippen LogP contribution in [-0.2, 0) is 34.7 Å². The van der Waals surface area contributed by atoms with Crippen LogP contribution in [0.15, 0.2) is 24.3 Å². The second-order valence-corrected chi connectivity index (χ2v) is 9.66. The summed E-state index contributed by atoms with van der Waals surface area (Å²) in [6, 6.07) is 7.84. The summed E-state index contributed by atoms with van der Waals surface area (Å²) < 4.78 is 5.00. The van der Waals surface area contributed by atoms with Crippen LogP contribution in [0.3, 0.4) is 0 Å². The standard InChI is InChI=1S/C22H24ClN3O2S2/c1-2-28-19(27)13-29-12-18-25-21(24-11-14-7-9-15(23)10-8-14)20-16-5-3-4-6-17(16)30-22(20)26-18/h7-10H,2-6,11-13H2,1H3,(H,24,25,26). The first-order valence-electron chi connectivity index (χ1n) is 10.2. The van der Waals surface area contributed by atoms with Gasteiger partial charge in [0.25, 0.3) is 0 Å². The van der Waals surface area contributed by atoms with Gasteiger partial charge in [-0.3, -0.25) is 4.79 Å². The molecular weight excluding hydrogens is 438 g/mol. The van der Waals surface area contributed by atoms with Crippen molar-refractivity contribution in [1.29, 1.82) is 0 Å². The predicted octanol–water partition coefficient (Wildman–Crippen LogP) is 5.63. The van der Waals surface area contributed by atoms with Crippen LogP contribution in [0, 0.1) is 0 Å². The van der Waals surface area contributed by atoms with Gasteiger partial charge in [-0.25, -0.2) is 9.97 Å². The maximum Gasteiger partial charge on any atom is 0.315 e. The van der Waals surface area contributed by atoms with E-state index in [9.17, 15) is 4.79 Å². The molecule has 0 saturated carbocycles. The van der Waals surface area contributed by atoms with E-state index in [0.717, 1.165) is 39.9 Å². The van der Waals surface area contributed by atoms with E-state index in [1.54, 1.807) is 11.3 Å². The molecule has 1 aliphatic rings. The first kappa shape index (κ1) is 21.4. The van der Waals surface area contributed by atoms with Crippen LogP contribution in [0.5, 0.6) is 0 Å². The van der Waals surface area contributed by atoms with Gasteiger partial charge in [0, 0.05) is 16.4 Å². The SMILES string of the molecule is CCOC(=O)CSCc1nc(NCc2ccc(Cl)cc2)c2c3c(sc2n1)CCCC3. The molecule has 0 bridgehead atoms. The third-order valence-corrected chi connectivity index (χ3v) is 7.33. The number of benzene rings is 1. The Bertz CT molecular complexity index is 1040. The smallest absolute Gasteiger partial charge is 0.315 e. The first-order valence-corrected chi connectivity index (χ1v) is 12.5. The van der Waals surface area contributed by atoms with Gasteiger partial charge in [-0.1, -0.05) is 23.7 Å². The van der Waals surface area contributed by atoms with Gasteiger partial charge in [-0.15, -0.1) is 23.1 Å². The van der Waals surface area contributed by atoms with Crippen LogP contribution in [0.4, 0.5) is 5.82 Å². The summed E-state index contributed by atoms with van der Waals surface area (Å²) in [5.41, 5.74) is 2.55. The fraction of sp³-hybridized carbons (Fsp3) is 0.409. The minimum Gasteiger partial charge on any atom is -0.465 e. The number of fused-ring (bicyclic) bond motifs is 3. The van der Waals surface area contributed by atoms with Crippen molar-refractivity contribution in [2.75, 3.05) is 17.7 Å². The van der Waals surface area contributed by atoms with Gasteiger partial charge in [0.1, 0.15) is 16.5 Å². The number of thioether (sulfide) groups is 1. The van der Waals surface area contributed by atoms with Crippen LogP contribution >= 0.6 is 34.7 Å². The Morgan fingerprint density at radius 2 is 2.03 bits per heavy atom. The Kier molecular flexibility index (Phi) is 7.12. The van der Waals surface area contributed by atoms with Crippen LogP contribution in [0.2, 0.25) is 5.02 Å². The fourth-order valence-corrected chi connectivity index (χ4v) is 5.68. The lowest BCUT2D eigenvalue weighted by atomic mass is 9.97. The van der Waals surface area contributed by atoms with Crippen molar-refractivity contribution in [3.63, 3.8) is 0 Å².